The molecule has 3 heterocycles. The lowest BCUT2D eigenvalue weighted by Gasteiger charge is -2.25. The smallest absolute Gasteiger partial charge is 0.379 e. The van der Waals surface area contributed by atoms with Gasteiger partial charge in [0, 0.05) is 18.0 Å². The largest absolute Gasteiger partial charge is 0.433 e. The Morgan fingerprint density at radius 3 is 2.55 bits per heavy atom. The zero-order valence-corrected chi connectivity index (χ0v) is 17.0. The minimum absolute atomic E-state index is 0.0238. The molecular weight excluding hydrogens is 431 g/mol. The molecule has 0 spiro atoms. The van der Waals surface area contributed by atoms with Crippen LogP contribution in [0.15, 0.2) is 28.5 Å². The molecule has 2 aromatic rings. The van der Waals surface area contributed by atoms with Crippen LogP contribution in [0.1, 0.15) is 26.6 Å². The van der Waals surface area contributed by atoms with Crippen molar-refractivity contribution in [2.24, 2.45) is 0 Å². The molecule has 1 fully saturated rings. The number of thiophene rings is 1. The van der Waals surface area contributed by atoms with Crippen LogP contribution in [0.2, 0.25) is 0 Å². The zero-order valence-electron chi connectivity index (χ0n) is 15.3. The van der Waals surface area contributed by atoms with Crippen LogP contribution >= 0.6 is 11.3 Å². The number of aromatic nitrogens is 1. The first-order valence-electron chi connectivity index (χ1n) is 8.58. The molecular formula is C17H18F3N3O4S2. The van der Waals surface area contributed by atoms with Gasteiger partial charge in [-0.2, -0.15) is 17.5 Å². The van der Waals surface area contributed by atoms with Crippen molar-refractivity contribution < 1.29 is 31.1 Å². The Balaban J connectivity index is 1.66. The number of sulfonamides is 1. The highest BCUT2D eigenvalue weighted by Crippen LogP contribution is 2.28. The Hall–Kier alpha value is -2.02. The summed E-state index contributed by atoms with van der Waals surface area (Å²) in [5.74, 6) is -0.588. The number of pyridine rings is 1. The average Bonchev–Trinajstić information content (AvgIpc) is 3.16. The summed E-state index contributed by atoms with van der Waals surface area (Å²) in [5, 5.41) is 2.58. The van der Waals surface area contributed by atoms with Crippen LogP contribution in [-0.4, -0.2) is 49.9 Å². The Labute approximate surface area is 169 Å². The number of rotatable bonds is 5. The third-order valence-corrected chi connectivity index (χ3v) is 7.70. The van der Waals surface area contributed by atoms with E-state index in [-0.39, 0.29) is 35.1 Å². The number of amides is 1. The van der Waals surface area contributed by atoms with E-state index in [4.69, 9.17) is 4.74 Å². The van der Waals surface area contributed by atoms with E-state index in [0.29, 0.717) is 18.1 Å². The Morgan fingerprint density at radius 1 is 1.24 bits per heavy atom. The summed E-state index contributed by atoms with van der Waals surface area (Å²) in [6, 6.07) is 4.89. The lowest BCUT2D eigenvalue weighted by atomic mass is 10.1. The fraction of sp³-hybridized carbons (Fsp3) is 0.412. The molecule has 0 radical (unpaired) electrons. The van der Waals surface area contributed by atoms with Crippen molar-refractivity contribution in [3.63, 3.8) is 0 Å². The number of hydrogen-bond donors (Lipinski definition) is 1. The van der Waals surface area contributed by atoms with E-state index in [0.717, 1.165) is 23.5 Å². The predicted octanol–water partition coefficient (Wildman–Crippen LogP) is 2.42. The van der Waals surface area contributed by atoms with Crippen LogP contribution in [0, 0.1) is 6.92 Å². The van der Waals surface area contributed by atoms with Crippen molar-refractivity contribution in [3.05, 3.63) is 46.1 Å². The van der Waals surface area contributed by atoms with E-state index in [1.807, 2.05) is 0 Å². The molecule has 0 saturated carbocycles. The molecule has 0 unspecified atom stereocenters. The molecule has 7 nitrogen and oxygen atoms in total. The topological polar surface area (TPSA) is 88.6 Å². The van der Waals surface area contributed by atoms with Crippen LogP contribution in [0.5, 0.6) is 0 Å². The van der Waals surface area contributed by atoms with Crippen LogP contribution in [0.25, 0.3) is 0 Å². The number of ether oxygens (including phenoxy) is 1. The Bertz CT molecular complexity index is 1000. The normalized spacial score (nSPS) is 16.0. The highest BCUT2D eigenvalue weighted by atomic mass is 32.2. The molecule has 1 aliphatic heterocycles. The van der Waals surface area contributed by atoms with Crippen molar-refractivity contribution in [1.82, 2.24) is 14.6 Å². The van der Waals surface area contributed by atoms with Gasteiger partial charge >= 0.3 is 6.18 Å². The number of halogens is 3. The van der Waals surface area contributed by atoms with Gasteiger partial charge in [0.2, 0.25) is 0 Å². The maximum absolute atomic E-state index is 12.7. The number of nitrogens with zero attached hydrogens (tertiary/aromatic N) is 2. The highest BCUT2D eigenvalue weighted by molar-refractivity contribution is 7.91. The first-order chi connectivity index (χ1) is 13.6. The van der Waals surface area contributed by atoms with Crippen LogP contribution < -0.4 is 5.32 Å². The molecule has 158 valence electrons. The molecule has 3 rings (SSSR count). The van der Waals surface area contributed by atoms with Crippen molar-refractivity contribution in [1.29, 1.82) is 0 Å². The summed E-state index contributed by atoms with van der Waals surface area (Å²) in [7, 11) is -3.61. The average molecular weight is 449 g/mol. The predicted molar refractivity (Wildman–Crippen MR) is 99.0 cm³/mol. The Kier molecular flexibility index (Phi) is 6.27. The van der Waals surface area contributed by atoms with Crippen molar-refractivity contribution in [3.8, 4) is 0 Å². The van der Waals surface area contributed by atoms with E-state index in [1.54, 1.807) is 6.07 Å². The molecule has 0 aliphatic carbocycles. The molecule has 1 aliphatic rings. The monoisotopic (exact) mass is 449 g/mol. The second kappa shape index (κ2) is 8.38. The molecule has 0 atom stereocenters. The third-order valence-electron chi connectivity index (χ3n) is 4.25. The van der Waals surface area contributed by atoms with Gasteiger partial charge in [0.1, 0.15) is 9.90 Å². The van der Waals surface area contributed by atoms with E-state index < -0.39 is 27.8 Å². The summed E-state index contributed by atoms with van der Waals surface area (Å²) in [5.41, 5.74) is -1.09. The van der Waals surface area contributed by atoms with Crippen molar-refractivity contribution >= 4 is 27.3 Å². The van der Waals surface area contributed by atoms with Crippen LogP contribution in [0.4, 0.5) is 13.2 Å². The van der Waals surface area contributed by atoms with E-state index in [9.17, 15) is 26.4 Å². The van der Waals surface area contributed by atoms with E-state index in [2.05, 4.69) is 10.3 Å². The van der Waals surface area contributed by atoms with E-state index >= 15 is 0 Å². The number of aryl methyl sites for hydroxylation is 1. The summed E-state index contributed by atoms with van der Waals surface area (Å²) in [6.07, 6.45) is -4.58. The van der Waals surface area contributed by atoms with Crippen molar-refractivity contribution in [2.45, 2.75) is 23.9 Å². The molecule has 0 bridgehead atoms. The van der Waals surface area contributed by atoms with Gasteiger partial charge in [0.25, 0.3) is 15.9 Å². The maximum Gasteiger partial charge on any atom is 0.433 e. The minimum atomic E-state index is -4.58. The zero-order chi connectivity index (χ0) is 21.2. The minimum Gasteiger partial charge on any atom is -0.379 e. The number of morpholine rings is 1. The molecule has 1 amide bonds. The first-order valence-corrected chi connectivity index (χ1v) is 10.8. The summed E-state index contributed by atoms with van der Waals surface area (Å²) in [6.45, 7) is 2.62. The first kappa shape index (κ1) is 21.7. The molecule has 1 N–H and O–H groups in total. The van der Waals surface area contributed by atoms with Gasteiger partial charge in [-0.25, -0.2) is 13.4 Å². The second-order valence-corrected chi connectivity index (χ2v) is 9.58. The van der Waals surface area contributed by atoms with Crippen molar-refractivity contribution in [2.75, 3.05) is 26.3 Å². The second-order valence-electron chi connectivity index (χ2n) is 6.25. The van der Waals surface area contributed by atoms with Gasteiger partial charge in [-0.05, 0) is 31.2 Å². The molecule has 1 saturated heterocycles. The van der Waals surface area contributed by atoms with Crippen LogP contribution in [0.3, 0.4) is 0 Å². The van der Waals surface area contributed by atoms with Gasteiger partial charge in [-0.1, -0.05) is 0 Å². The molecule has 12 heteroatoms. The number of nitrogens with one attached hydrogen (secondary N) is 1. The number of alkyl halides is 3. The number of carbonyl (C=O) groups excluding carboxylic acids is 1. The maximum atomic E-state index is 12.7. The quantitative estimate of drug-likeness (QED) is 0.758. The van der Waals surface area contributed by atoms with Crippen LogP contribution in [-0.2, 0) is 27.5 Å². The lowest BCUT2D eigenvalue weighted by molar-refractivity contribution is -0.141. The fourth-order valence-electron chi connectivity index (χ4n) is 2.73. The molecule has 0 aromatic carbocycles. The van der Waals surface area contributed by atoms with Gasteiger partial charge < -0.3 is 10.1 Å². The van der Waals surface area contributed by atoms with Gasteiger partial charge in [-0.15, -0.1) is 11.3 Å². The third kappa shape index (κ3) is 4.94. The summed E-state index contributed by atoms with van der Waals surface area (Å²) < 4.78 is 69.9. The number of carbonyl (C=O) groups is 1. The lowest BCUT2D eigenvalue weighted by Crippen LogP contribution is -2.40. The molecule has 2 aromatic heterocycles. The van der Waals surface area contributed by atoms with Gasteiger partial charge in [0.15, 0.2) is 0 Å². The van der Waals surface area contributed by atoms with E-state index in [1.165, 1.54) is 17.3 Å². The standard InChI is InChI=1S/C17H18F3N3O4S2/c1-11-13(3-4-14(22-11)17(18,19)20)16(24)21-10-12-2-5-15(28-12)29(25,26)23-6-8-27-9-7-23/h2-5H,6-10H2,1H3,(H,21,24). The summed E-state index contributed by atoms with van der Waals surface area (Å²) >= 11 is 1.03. The molecule has 29 heavy (non-hydrogen) atoms. The van der Waals surface area contributed by atoms with Gasteiger partial charge in [0.05, 0.1) is 31.0 Å². The fourth-order valence-corrected chi connectivity index (χ4v) is 5.59. The number of hydrogen-bond acceptors (Lipinski definition) is 6. The Morgan fingerprint density at radius 2 is 1.93 bits per heavy atom. The summed E-state index contributed by atoms with van der Waals surface area (Å²) in [4.78, 5) is 16.3. The SMILES string of the molecule is Cc1nc(C(F)(F)F)ccc1C(=O)NCc1ccc(S(=O)(=O)N2CCOCC2)s1. The van der Waals surface area contributed by atoms with Gasteiger partial charge in [-0.3, -0.25) is 4.79 Å². The highest BCUT2D eigenvalue weighted by Gasteiger charge is 2.33.